The lowest BCUT2D eigenvalue weighted by molar-refractivity contribution is 0.103. The maximum Gasteiger partial charge on any atom is 0.195 e. The highest BCUT2D eigenvalue weighted by Crippen LogP contribution is 2.27. The molecule has 0 fully saturated rings. The van der Waals surface area contributed by atoms with E-state index in [4.69, 9.17) is 11.6 Å². The predicted molar refractivity (Wildman–Crippen MR) is 120 cm³/mol. The molecule has 1 aromatic heterocycles. The quantitative estimate of drug-likeness (QED) is 0.487. The molecule has 6 heteroatoms. The number of ketones is 1. The normalized spacial score (nSPS) is 12.0. The fraction of sp³-hybridized carbons (Fsp3) is 0.250. The summed E-state index contributed by atoms with van der Waals surface area (Å²) in [6.45, 7) is 7.96. The average molecular weight is 442 g/mol. The van der Waals surface area contributed by atoms with Gasteiger partial charge in [-0.05, 0) is 59.9 Å². The summed E-state index contributed by atoms with van der Waals surface area (Å²) in [5.41, 5.74) is 2.67. The molecule has 0 aliphatic carbocycles. The molecule has 0 spiro atoms. The van der Waals surface area contributed by atoms with Gasteiger partial charge >= 0.3 is 0 Å². The van der Waals surface area contributed by atoms with Gasteiger partial charge in [-0.25, -0.2) is 8.42 Å². The molecule has 0 aliphatic heterocycles. The first-order valence-electron chi connectivity index (χ1n) is 9.57. The zero-order valence-corrected chi connectivity index (χ0v) is 19.0. The lowest BCUT2D eigenvalue weighted by Crippen LogP contribution is -2.13. The number of hydrogen-bond acceptors (Lipinski definition) is 4. The monoisotopic (exact) mass is 441 g/mol. The molecule has 30 heavy (non-hydrogen) atoms. The first-order chi connectivity index (χ1) is 14.0. The molecular weight excluding hydrogens is 418 g/mol. The number of carbonyl (C=O) groups excluding carboxylic acids is 1. The molecule has 0 radical (unpaired) electrons. The van der Waals surface area contributed by atoms with Crippen molar-refractivity contribution in [3.8, 4) is 0 Å². The second-order valence-corrected chi connectivity index (χ2v) is 10.7. The molecule has 0 atom stereocenters. The molecule has 156 valence electrons. The van der Waals surface area contributed by atoms with Gasteiger partial charge in [-0.15, -0.1) is 0 Å². The second kappa shape index (κ2) is 8.32. The Bertz CT molecular complexity index is 1190. The SMILES string of the molecule is Cc1ncccc1C(=O)c1cc(Cl)ccc1CS(=O)(=O)c1ccc(C(C)(C)C)cc1. The number of sulfone groups is 1. The van der Waals surface area contributed by atoms with Gasteiger partial charge in [0.2, 0.25) is 0 Å². The van der Waals surface area contributed by atoms with Gasteiger partial charge < -0.3 is 0 Å². The van der Waals surface area contributed by atoms with Crippen molar-refractivity contribution in [1.82, 2.24) is 4.98 Å². The van der Waals surface area contributed by atoms with E-state index in [0.29, 0.717) is 21.8 Å². The van der Waals surface area contributed by atoms with Crippen LogP contribution in [0.4, 0.5) is 0 Å². The van der Waals surface area contributed by atoms with Crippen LogP contribution in [0.25, 0.3) is 0 Å². The van der Waals surface area contributed by atoms with Crippen LogP contribution < -0.4 is 0 Å². The predicted octanol–water partition coefficient (Wildman–Crippen LogP) is 5.55. The highest BCUT2D eigenvalue weighted by molar-refractivity contribution is 7.90. The van der Waals surface area contributed by atoms with Gasteiger partial charge in [0.15, 0.2) is 15.6 Å². The van der Waals surface area contributed by atoms with E-state index < -0.39 is 9.84 Å². The van der Waals surface area contributed by atoms with Crippen molar-refractivity contribution in [1.29, 1.82) is 0 Å². The fourth-order valence-corrected chi connectivity index (χ4v) is 4.76. The Labute approximate surface area is 182 Å². The van der Waals surface area contributed by atoms with Crippen molar-refractivity contribution in [2.45, 2.75) is 43.8 Å². The van der Waals surface area contributed by atoms with Crippen molar-refractivity contribution in [3.05, 3.63) is 93.8 Å². The standard InChI is InChI=1S/C24H24ClNO3S/c1-16-21(6-5-13-26-16)23(27)22-14-19(25)10-7-17(22)15-30(28,29)20-11-8-18(9-12-20)24(2,3)4/h5-14H,15H2,1-4H3. The van der Waals surface area contributed by atoms with E-state index in [1.165, 1.54) is 6.07 Å². The third-order valence-corrected chi connectivity index (χ3v) is 6.91. The van der Waals surface area contributed by atoms with Crippen LogP contribution in [-0.4, -0.2) is 19.2 Å². The number of hydrogen-bond donors (Lipinski definition) is 0. The number of halogens is 1. The highest BCUT2D eigenvalue weighted by atomic mass is 35.5. The van der Waals surface area contributed by atoms with E-state index in [9.17, 15) is 13.2 Å². The first kappa shape index (κ1) is 22.2. The van der Waals surface area contributed by atoms with E-state index in [1.807, 2.05) is 12.1 Å². The molecule has 0 aliphatic rings. The van der Waals surface area contributed by atoms with Crippen LogP contribution in [0.1, 0.15) is 53.5 Å². The molecule has 0 saturated heterocycles. The maximum absolute atomic E-state index is 13.1. The Morgan fingerprint density at radius 3 is 2.27 bits per heavy atom. The third kappa shape index (κ3) is 4.79. The van der Waals surface area contributed by atoms with Gasteiger partial charge in [-0.2, -0.15) is 0 Å². The summed E-state index contributed by atoms with van der Waals surface area (Å²) in [6, 6.07) is 15.0. The molecule has 0 amide bonds. The Morgan fingerprint density at radius 1 is 1.00 bits per heavy atom. The van der Waals surface area contributed by atoms with Gasteiger partial charge in [-0.1, -0.05) is 50.6 Å². The number of aromatic nitrogens is 1. The molecule has 0 saturated carbocycles. The number of pyridine rings is 1. The number of rotatable bonds is 5. The van der Waals surface area contributed by atoms with Crippen molar-refractivity contribution in [3.63, 3.8) is 0 Å². The molecule has 1 heterocycles. The Balaban J connectivity index is 1.99. The molecule has 0 unspecified atom stereocenters. The van der Waals surface area contributed by atoms with Crippen LogP contribution in [0.3, 0.4) is 0 Å². The lowest BCUT2D eigenvalue weighted by atomic mass is 9.87. The summed E-state index contributed by atoms with van der Waals surface area (Å²) in [4.78, 5) is 17.5. The van der Waals surface area contributed by atoms with Crippen molar-refractivity contribution >= 4 is 27.2 Å². The number of carbonyl (C=O) groups is 1. The fourth-order valence-electron chi connectivity index (χ4n) is 3.21. The van der Waals surface area contributed by atoms with Gasteiger partial charge in [0.1, 0.15) is 0 Å². The Kier molecular flexibility index (Phi) is 6.16. The van der Waals surface area contributed by atoms with Gasteiger partial charge in [0.05, 0.1) is 10.6 Å². The summed E-state index contributed by atoms with van der Waals surface area (Å²) >= 11 is 6.12. The van der Waals surface area contributed by atoms with Gasteiger partial charge in [0, 0.05) is 28.0 Å². The van der Waals surface area contributed by atoms with Crippen LogP contribution in [0.5, 0.6) is 0 Å². The van der Waals surface area contributed by atoms with E-state index in [-0.39, 0.29) is 27.4 Å². The maximum atomic E-state index is 13.1. The topological polar surface area (TPSA) is 64.1 Å². The Morgan fingerprint density at radius 2 is 1.67 bits per heavy atom. The number of nitrogens with zero attached hydrogens (tertiary/aromatic N) is 1. The minimum absolute atomic E-state index is 0.0698. The number of aryl methyl sites for hydroxylation is 1. The molecular formula is C24H24ClNO3S. The van der Waals surface area contributed by atoms with Crippen LogP contribution in [0.2, 0.25) is 5.02 Å². The zero-order chi connectivity index (χ0) is 22.1. The first-order valence-corrected chi connectivity index (χ1v) is 11.6. The molecule has 0 bridgehead atoms. The van der Waals surface area contributed by atoms with Crippen molar-refractivity contribution < 1.29 is 13.2 Å². The summed E-state index contributed by atoms with van der Waals surface area (Å²) in [5, 5.41) is 0.371. The molecule has 0 N–H and O–H groups in total. The van der Waals surface area contributed by atoms with E-state index >= 15 is 0 Å². The lowest BCUT2D eigenvalue weighted by Gasteiger charge is -2.19. The molecule has 2 aromatic carbocycles. The zero-order valence-electron chi connectivity index (χ0n) is 17.4. The van der Waals surface area contributed by atoms with E-state index in [2.05, 4.69) is 25.8 Å². The average Bonchev–Trinajstić information content (AvgIpc) is 2.68. The summed E-state index contributed by atoms with van der Waals surface area (Å²) in [6.07, 6.45) is 1.61. The van der Waals surface area contributed by atoms with Crippen LogP contribution in [0, 0.1) is 6.92 Å². The minimum Gasteiger partial charge on any atom is -0.289 e. The molecule has 3 rings (SSSR count). The van der Waals surface area contributed by atoms with E-state index in [0.717, 1.165) is 5.56 Å². The largest absolute Gasteiger partial charge is 0.289 e. The second-order valence-electron chi connectivity index (χ2n) is 8.30. The van der Waals surface area contributed by atoms with Crippen molar-refractivity contribution in [2.75, 3.05) is 0 Å². The van der Waals surface area contributed by atoms with Crippen molar-refractivity contribution in [2.24, 2.45) is 0 Å². The Hall–Kier alpha value is -2.50. The smallest absolute Gasteiger partial charge is 0.195 e. The summed E-state index contributed by atoms with van der Waals surface area (Å²) < 4.78 is 26.1. The van der Waals surface area contributed by atoms with Crippen LogP contribution in [0.15, 0.2) is 65.7 Å². The van der Waals surface area contributed by atoms with Gasteiger partial charge in [-0.3, -0.25) is 9.78 Å². The molecule has 3 aromatic rings. The van der Waals surface area contributed by atoms with E-state index in [1.54, 1.807) is 49.5 Å². The van der Waals surface area contributed by atoms with Crippen LogP contribution in [-0.2, 0) is 21.0 Å². The summed E-state index contributed by atoms with van der Waals surface area (Å²) in [7, 11) is -3.65. The van der Waals surface area contributed by atoms with Crippen LogP contribution >= 0.6 is 11.6 Å². The highest BCUT2D eigenvalue weighted by Gasteiger charge is 2.23. The molecule has 4 nitrogen and oxygen atoms in total. The summed E-state index contributed by atoms with van der Waals surface area (Å²) in [5.74, 6) is -0.587. The minimum atomic E-state index is -3.65. The third-order valence-electron chi connectivity index (χ3n) is 4.99. The number of benzene rings is 2. The van der Waals surface area contributed by atoms with Gasteiger partial charge in [0.25, 0.3) is 0 Å².